The third kappa shape index (κ3) is 5.66. The zero-order chi connectivity index (χ0) is 18.5. The molecule has 6 nitrogen and oxygen atoms in total. The van der Waals surface area contributed by atoms with Crippen molar-refractivity contribution >= 4 is 36.4 Å². The van der Waals surface area contributed by atoms with Crippen LogP contribution in [0.2, 0.25) is 0 Å². The predicted octanol–water partition coefficient (Wildman–Crippen LogP) is 2.72. The van der Waals surface area contributed by atoms with Gasteiger partial charge in [0.05, 0.1) is 18.4 Å². The molecule has 1 aliphatic heterocycles. The molecular formula is C20H33Cl2N3O3. The van der Waals surface area contributed by atoms with Crippen molar-refractivity contribution in [2.75, 3.05) is 44.8 Å². The van der Waals surface area contributed by atoms with Crippen LogP contribution in [-0.2, 0) is 9.53 Å². The quantitative estimate of drug-likeness (QED) is 0.772. The number of benzene rings is 1. The first-order chi connectivity index (χ1) is 12.6. The summed E-state index contributed by atoms with van der Waals surface area (Å²) in [5, 5.41) is 0. The Hall–Kier alpha value is -1.21. The van der Waals surface area contributed by atoms with Crippen LogP contribution >= 0.6 is 24.8 Å². The van der Waals surface area contributed by atoms with Gasteiger partial charge in [-0.1, -0.05) is 12.1 Å². The fraction of sp³-hybridized carbons (Fsp3) is 0.650. The summed E-state index contributed by atoms with van der Waals surface area (Å²) < 4.78 is 11.1. The average molecular weight is 434 g/mol. The highest BCUT2D eigenvalue weighted by atomic mass is 35.5. The number of piperazine rings is 1. The van der Waals surface area contributed by atoms with Gasteiger partial charge in [0, 0.05) is 45.2 Å². The van der Waals surface area contributed by atoms with Crippen molar-refractivity contribution in [3.63, 3.8) is 0 Å². The number of carbonyl (C=O) groups is 1. The summed E-state index contributed by atoms with van der Waals surface area (Å²) in [6.45, 7) is 5.80. The lowest BCUT2D eigenvalue weighted by Crippen LogP contribution is -2.52. The lowest BCUT2D eigenvalue weighted by Gasteiger charge is -2.40. The van der Waals surface area contributed by atoms with E-state index in [0.29, 0.717) is 6.61 Å². The summed E-state index contributed by atoms with van der Waals surface area (Å²) >= 11 is 0. The van der Waals surface area contributed by atoms with E-state index in [1.165, 1.54) is 0 Å². The third-order valence-corrected chi connectivity index (χ3v) is 5.58. The van der Waals surface area contributed by atoms with Gasteiger partial charge in [-0.15, -0.1) is 24.8 Å². The number of anilines is 1. The Morgan fingerprint density at radius 3 is 2.43 bits per heavy atom. The molecule has 8 heteroatoms. The van der Waals surface area contributed by atoms with E-state index in [1.54, 1.807) is 7.11 Å². The topological polar surface area (TPSA) is 68.0 Å². The van der Waals surface area contributed by atoms with E-state index in [1.807, 2.05) is 30.0 Å². The first-order valence-electron chi connectivity index (χ1n) is 9.68. The normalized spacial score (nSPS) is 24.8. The SMILES string of the molecule is CCOc1ccccc1N1CCN(C(=O)[C@H]2CC[C@@H](OC)[C@H](N)C2)CC1.Cl.Cl. The summed E-state index contributed by atoms with van der Waals surface area (Å²) in [6, 6.07) is 8.08. The number of hydrogen-bond donors (Lipinski definition) is 1. The minimum absolute atomic E-state index is 0. The highest BCUT2D eigenvalue weighted by Gasteiger charge is 2.35. The predicted molar refractivity (Wildman–Crippen MR) is 117 cm³/mol. The Morgan fingerprint density at radius 2 is 1.82 bits per heavy atom. The monoisotopic (exact) mass is 433 g/mol. The van der Waals surface area contributed by atoms with Crippen LogP contribution in [0, 0.1) is 5.92 Å². The number of halogens is 2. The first kappa shape index (κ1) is 24.8. The number of nitrogens with zero attached hydrogens (tertiary/aromatic N) is 2. The Labute approximate surface area is 180 Å². The van der Waals surface area contributed by atoms with Gasteiger partial charge in [-0.3, -0.25) is 4.79 Å². The smallest absolute Gasteiger partial charge is 0.225 e. The van der Waals surface area contributed by atoms with Crippen molar-refractivity contribution in [1.82, 2.24) is 4.90 Å². The van der Waals surface area contributed by atoms with Crippen molar-refractivity contribution in [2.45, 2.75) is 38.3 Å². The van der Waals surface area contributed by atoms with Gasteiger partial charge in [-0.05, 0) is 38.3 Å². The van der Waals surface area contributed by atoms with Crippen LogP contribution in [0.4, 0.5) is 5.69 Å². The van der Waals surface area contributed by atoms with Gasteiger partial charge in [0.2, 0.25) is 5.91 Å². The van der Waals surface area contributed by atoms with Gasteiger partial charge < -0.3 is 25.0 Å². The highest BCUT2D eigenvalue weighted by Crippen LogP contribution is 2.30. The Balaban J connectivity index is 0.00000196. The Morgan fingerprint density at radius 1 is 1.14 bits per heavy atom. The van der Waals surface area contributed by atoms with Crippen molar-refractivity contribution in [3.8, 4) is 5.75 Å². The molecule has 28 heavy (non-hydrogen) atoms. The van der Waals surface area contributed by atoms with Crippen LogP contribution in [0.15, 0.2) is 24.3 Å². The summed E-state index contributed by atoms with van der Waals surface area (Å²) in [6.07, 6.45) is 2.56. The van der Waals surface area contributed by atoms with Crippen molar-refractivity contribution < 1.29 is 14.3 Å². The molecule has 1 saturated heterocycles. The number of hydrogen-bond acceptors (Lipinski definition) is 5. The van der Waals surface area contributed by atoms with Crippen molar-refractivity contribution in [2.24, 2.45) is 11.7 Å². The maximum atomic E-state index is 12.9. The molecule has 0 aromatic heterocycles. The molecule has 1 saturated carbocycles. The number of carbonyl (C=O) groups excluding carboxylic acids is 1. The minimum atomic E-state index is -0.0398. The number of ether oxygens (including phenoxy) is 2. The molecule has 3 atom stereocenters. The van der Waals surface area contributed by atoms with Gasteiger partial charge in [0.1, 0.15) is 5.75 Å². The van der Waals surface area contributed by atoms with Crippen molar-refractivity contribution in [1.29, 1.82) is 0 Å². The molecule has 2 aliphatic rings. The molecule has 2 fully saturated rings. The van der Waals surface area contributed by atoms with Crippen LogP contribution in [0.5, 0.6) is 5.75 Å². The second kappa shape index (κ2) is 11.7. The summed E-state index contributed by atoms with van der Waals surface area (Å²) in [5.41, 5.74) is 7.29. The van der Waals surface area contributed by atoms with Gasteiger partial charge >= 0.3 is 0 Å². The molecular weight excluding hydrogens is 401 g/mol. The number of nitrogens with two attached hydrogens (primary N) is 1. The standard InChI is InChI=1S/C20H31N3O3.2ClH/c1-3-26-19-7-5-4-6-17(19)22-10-12-23(13-11-22)20(24)15-8-9-18(25-2)16(21)14-15;;/h4-7,15-16,18H,3,8-14,21H2,1-2H3;2*1H/t15-,16+,18+;;/m0../s1. The van der Waals surface area contributed by atoms with E-state index in [2.05, 4.69) is 11.0 Å². The van der Waals surface area contributed by atoms with E-state index in [0.717, 1.165) is 56.9 Å². The molecule has 2 N–H and O–H groups in total. The van der Waals surface area contributed by atoms with Crippen LogP contribution in [0.3, 0.4) is 0 Å². The summed E-state index contributed by atoms with van der Waals surface area (Å²) in [7, 11) is 1.70. The van der Waals surface area contributed by atoms with Gasteiger partial charge in [0.15, 0.2) is 0 Å². The minimum Gasteiger partial charge on any atom is -0.492 e. The van der Waals surface area contributed by atoms with Crippen LogP contribution in [0.1, 0.15) is 26.2 Å². The Bertz CT molecular complexity index is 612. The second-order valence-corrected chi connectivity index (χ2v) is 7.16. The maximum absolute atomic E-state index is 12.9. The first-order valence-corrected chi connectivity index (χ1v) is 9.68. The summed E-state index contributed by atoms with van der Waals surface area (Å²) in [5.74, 6) is 1.21. The average Bonchev–Trinajstić information content (AvgIpc) is 2.68. The van der Waals surface area contributed by atoms with Gasteiger partial charge in [0.25, 0.3) is 0 Å². The molecule has 0 unspecified atom stereocenters. The van der Waals surface area contributed by atoms with Crippen LogP contribution < -0.4 is 15.4 Å². The second-order valence-electron chi connectivity index (χ2n) is 7.16. The Kier molecular flexibility index (Phi) is 10.4. The number of rotatable bonds is 5. The van der Waals surface area contributed by atoms with Crippen molar-refractivity contribution in [3.05, 3.63) is 24.3 Å². The maximum Gasteiger partial charge on any atom is 0.225 e. The molecule has 0 bridgehead atoms. The lowest BCUT2D eigenvalue weighted by molar-refractivity contribution is -0.138. The molecule has 1 aromatic carbocycles. The third-order valence-electron chi connectivity index (χ3n) is 5.58. The fourth-order valence-corrected chi connectivity index (χ4v) is 4.12. The number of para-hydroxylation sites is 2. The highest BCUT2D eigenvalue weighted by molar-refractivity contribution is 5.85. The summed E-state index contributed by atoms with van der Waals surface area (Å²) in [4.78, 5) is 17.2. The van der Waals surface area contributed by atoms with Crippen LogP contribution in [0.25, 0.3) is 0 Å². The molecule has 1 heterocycles. The molecule has 0 radical (unpaired) electrons. The van der Waals surface area contributed by atoms with Gasteiger partial charge in [-0.2, -0.15) is 0 Å². The van der Waals surface area contributed by atoms with E-state index < -0.39 is 0 Å². The van der Waals surface area contributed by atoms with Crippen LogP contribution in [-0.4, -0.2) is 62.8 Å². The number of amides is 1. The largest absolute Gasteiger partial charge is 0.492 e. The molecule has 3 rings (SSSR count). The molecule has 160 valence electrons. The van der Waals surface area contributed by atoms with Gasteiger partial charge in [-0.25, -0.2) is 0 Å². The molecule has 1 amide bonds. The van der Waals surface area contributed by atoms with E-state index in [4.69, 9.17) is 15.2 Å². The fourth-order valence-electron chi connectivity index (χ4n) is 4.12. The van der Waals surface area contributed by atoms with E-state index >= 15 is 0 Å². The lowest BCUT2D eigenvalue weighted by atomic mass is 9.83. The zero-order valence-corrected chi connectivity index (χ0v) is 18.3. The molecule has 0 spiro atoms. The van der Waals surface area contributed by atoms with E-state index in [-0.39, 0.29) is 48.8 Å². The number of methoxy groups -OCH3 is 1. The van der Waals surface area contributed by atoms with E-state index in [9.17, 15) is 4.79 Å². The molecule has 1 aromatic rings. The zero-order valence-electron chi connectivity index (χ0n) is 16.7. The molecule has 1 aliphatic carbocycles.